The van der Waals surface area contributed by atoms with Crippen LogP contribution in [0, 0.1) is 15.9 Å². The van der Waals surface area contributed by atoms with E-state index in [4.69, 9.17) is 4.74 Å². The average Bonchev–Trinajstić information content (AvgIpc) is 2.73. The number of nitrogens with zero attached hydrogens (tertiary/aromatic N) is 1. The molecule has 3 rings (SSSR count). The molecule has 2 aromatic rings. The van der Waals surface area contributed by atoms with Crippen molar-refractivity contribution in [2.75, 3.05) is 31.6 Å². The van der Waals surface area contributed by atoms with Gasteiger partial charge in [0.25, 0.3) is 5.69 Å². The predicted molar refractivity (Wildman–Crippen MR) is 107 cm³/mol. The fourth-order valence-electron chi connectivity index (χ4n) is 3.58. The maximum Gasteiger partial charge on any atom is 0.292 e. The molecule has 154 valence electrons. The number of nitro groups is 1. The van der Waals surface area contributed by atoms with Crippen molar-refractivity contribution in [3.05, 3.63) is 70.0 Å². The minimum Gasteiger partial charge on any atom is -0.381 e. The minimum absolute atomic E-state index is 0.0228. The SMILES string of the molecule is O=C(CCNc1ccccc1[N+](=O)[O-])NCC1(c2ccc(F)cc2)CCOCC1. The van der Waals surface area contributed by atoms with Crippen molar-refractivity contribution in [2.24, 2.45) is 0 Å². The molecule has 8 heteroatoms. The van der Waals surface area contributed by atoms with E-state index < -0.39 is 4.92 Å². The van der Waals surface area contributed by atoms with Crippen LogP contribution in [0.5, 0.6) is 0 Å². The zero-order valence-corrected chi connectivity index (χ0v) is 16.0. The van der Waals surface area contributed by atoms with Crippen molar-refractivity contribution >= 4 is 17.3 Å². The van der Waals surface area contributed by atoms with Gasteiger partial charge < -0.3 is 15.4 Å². The number of ether oxygens (including phenoxy) is 1. The number of hydrogen-bond donors (Lipinski definition) is 2. The number of rotatable bonds is 8. The molecule has 2 aromatic carbocycles. The Hall–Kier alpha value is -3.00. The van der Waals surface area contributed by atoms with Crippen molar-refractivity contribution in [1.29, 1.82) is 0 Å². The molecule has 1 saturated heterocycles. The summed E-state index contributed by atoms with van der Waals surface area (Å²) >= 11 is 0. The van der Waals surface area contributed by atoms with Crippen LogP contribution in [0.2, 0.25) is 0 Å². The highest BCUT2D eigenvalue weighted by Gasteiger charge is 2.34. The lowest BCUT2D eigenvalue weighted by molar-refractivity contribution is -0.384. The molecule has 0 bridgehead atoms. The Bertz CT molecular complexity index is 851. The molecular weight excluding hydrogens is 377 g/mol. The summed E-state index contributed by atoms with van der Waals surface area (Å²) in [6.45, 7) is 1.90. The number of benzene rings is 2. The number of nitro benzene ring substituents is 1. The average molecular weight is 401 g/mol. The van der Waals surface area contributed by atoms with E-state index in [0.717, 1.165) is 18.4 Å². The van der Waals surface area contributed by atoms with Crippen molar-refractivity contribution in [1.82, 2.24) is 5.32 Å². The molecule has 0 radical (unpaired) electrons. The van der Waals surface area contributed by atoms with E-state index in [0.29, 0.717) is 25.4 Å². The summed E-state index contributed by atoms with van der Waals surface area (Å²) < 4.78 is 18.8. The molecule has 1 amide bonds. The van der Waals surface area contributed by atoms with Gasteiger partial charge in [0.15, 0.2) is 0 Å². The number of hydrogen-bond acceptors (Lipinski definition) is 5. The van der Waals surface area contributed by atoms with Gasteiger partial charge in [-0.25, -0.2) is 4.39 Å². The molecule has 1 fully saturated rings. The lowest BCUT2D eigenvalue weighted by Crippen LogP contribution is -2.44. The standard InChI is InChI=1S/C21H24FN3O4/c22-17-7-5-16(6-8-17)21(10-13-29-14-11-21)15-24-20(26)9-12-23-18-3-1-2-4-19(18)25(27)28/h1-8,23H,9-15H2,(H,24,26). The zero-order chi connectivity index (χ0) is 20.7. The van der Waals surface area contributed by atoms with Crippen LogP contribution in [0.1, 0.15) is 24.8 Å². The molecule has 0 aliphatic carbocycles. The fraction of sp³-hybridized carbons (Fsp3) is 0.381. The first-order chi connectivity index (χ1) is 14.0. The highest BCUT2D eigenvalue weighted by atomic mass is 19.1. The minimum atomic E-state index is -0.458. The Morgan fingerprint density at radius 3 is 2.52 bits per heavy atom. The third-order valence-electron chi connectivity index (χ3n) is 5.30. The number of nitrogens with one attached hydrogen (secondary N) is 2. The molecule has 0 spiro atoms. The van der Waals surface area contributed by atoms with E-state index in [-0.39, 0.29) is 35.8 Å². The summed E-state index contributed by atoms with van der Waals surface area (Å²) in [6.07, 6.45) is 1.67. The first-order valence-corrected chi connectivity index (χ1v) is 9.58. The molecule has 0 aromatic heterocycles. The molecule has 2 N–H and O–H groups in total. The van der Waals surface area contributed by atoms with E-state index in [2.05, 4.69) is 10.6 Å². The monoisotopic (exact) mass is 401 g/mol. The van der Waals surface area contributed by atoms with Gasteiger partial charge in [-0.1, -0.05) is 24.3 Å². The van der Waals surface area contributed by atoms with Gasteiger partial charge >= 0.3 is 0 Å². The highest BCUT2D eigenvalue weighted by molar-refractivity contribution is 5.77. The van der Waals surface area contributed by atoms with Gasteiger partial charge in [0.1, 0.15) is 11.5 Å². The molecule has 1 aliphatic heterocycles. The number of para-hydroxylation sites is 2. The molecule has 0 atom stereocenters. The second-order valence-corrected chi connectivity index (χ2v) is 7.13. The van der Waals surface area contributed by atoms with Gasteiger partial charge in [0.2, 0.25) is 5.91 Å². The maximum atomic E-state index is 13.3. The van der Waals surface area contributed by atoms with E-state index in [9.17, 15) is 19.3 Å². The van der Waals surface area contributed by atoms with Crippen molar-refractivity contribution in [3.8, 4) is 0 Å². The smallest absolute Gasteiger partial charge is 0.292 e. The second kappa shape index (κ2) is 9.47. The molecule has 1 heterocycles. The third-order valence-corrected chi connectivity index (χ3v) is 5.30. The molecule has 0 saturated carbocycles. The summed E-state index contributed by atoms with van der Waals surface area (Å²) in [7, 11) is 0. The van der Waals surface area contributed by atoms with Gasteiger partial charge in [-0.3, -0.25) is 14.9 Å². The van der Waals surface area contributed by atoms with E-state index in [1.54, 1.807) is 30.3 Å². The number of amides is 1. The van der Waals surface area contributed by atoms with Crippen LogP contribution in [0.3, 0.4) is 0 Å². The Labute approximate surface area is 168 Å². The Morgan fingerprint density at radius 1 is 1.14 bits per heavy atom. The van der Waals surface area contributed by atoms with Gasteiger partial charge in [-0.05, 0) is 36.6 Å². The van der Waals surface area contributed by atoms with Crippen LogP contribution in [-0.4, -0.2) is 37.1 Å². The van der Waals surface area contributed by atoms with Crippen LogP contribution in [-0.2, 0) is 14.9 Å². The molecule has 1 aliphatic rings. The quantitative estimate of drug-likeness (QED) is 0.522. The van der Waals surface area contributed by atoms with Gasteiger partial charge in [0, 0.05) is 44.2 Å². The number of anilines is 1. The third kappa shape index (κ3) is 5.29. The lowest BCUT2D eigenvalue weighted by atomic mass is 9.74. The summed E-state index contributed by atoms with van der Waals surface area (Å²) in [5.74, 6) is -0.440. The Balaban J connectivity index is 1.56. The van der Waals surface area contributed by atoms with Crippen LogP contribution in [0.4, 0.5) is 15.8 Å². The zero-order valence-electron chi connectivity index (χ0n) is 16.0. The summed E-state index contributed by atoms with van der Waals surface area (Å²) in [5, 5.41) is 17.0. The van der Waals surface area contributed by atoms with Crippen LogP contribution < -0.4 is 10.6 Å². The largest absolute Gasteiger partial charge is 0.381 e. The van der Waals surface area contributed by atoms with Gasteiger partial charge in [-0.15, -0.1) is 0 Å². The highest BCUT2D eigenvalue weighted by Crippen LogP contribution is 2.34. The van der Waals surface area contributed by atoms with Crippen molar-refractivity contribution in [3.63, 3.8) is 0 Å². The van der Waals surface area contributed by atoms with Crippen LogP contribution in [0.15, 0.2) is 48.5 Å². The summed E-state index contributed by atoms with van der Waals surface area (Å²) in [4.78, 5) is 22.9. The molecule has 0 unspecified atom stereocenters. The summed E-state index contributed by atoms with van der Waals surface area (Å²) in [5.41, 5.74) is 1.07. The number of carbonyl (C=O) groups is 1. The van der Waals surface area contributed by atoms with E-state index >= 15 is 0 Å². The molecule has 29 heavy (non-hydrogen) atoms. The molecule has 7 nitrogen and oxygen atoms in total. The second-order valence-electron chi connectivity index (χ2n) is 7.13. The van der Waals surface area contributed by atoms with Crippen molar-refractivity contribution in [2.45, 2.75) is 24.7 Å². The van der Waals surface area contributed by atoms with E-state index in [1.165, 1.54) is 18.2 Å². The lowest BCUT2D eigenvalue weighted by Gasteiger charge is -2.38. The van der Waals surface area contributed by atoms with Crippen molar-refractivity contribution < 1.29 is 18.8 Å². The molecular formula is C21H24FN3O4. The fourth-order valence-corrected chi connectivity index (χ4v) is 3.58. The topological polar surface area (TPSA) is 93.5 Å². The normalized spacial score (nSPS) is 15.5. The summed E-state index contributed by atoms with van der Waals surface area (Å²) in [6, 6.07) is 12.7. The maximum absolute atomic E-state index is 13.3. The van der Waals surface area contributed by atoms with Gasteiger partial charge in [-0.2, -0.15) is 0 Å². The Kier molecular flexibility index (Phi) is 6.77. The first-order valence-electron chi connectivity index (χ1n) is 9.58. The van der Waals surface area contributed by atoms with E-state index in [1.807, 2.05) is 0 Å². The number of halogens is 1. The predicted octanol–water partition coefficient (Wildman–Crippen LogP) is 3.40. The van der Waals surface area contributed by atoms with Crippen LogP contribution in [0.25, 0.3) is 0 Å². The number of carbonyl (C=O) groups excluding carboxylic acids is 1. The Morgan fingerprint density at radius 2 is 1.83 bits per heavy atom. The first kappa shape index (κ1) is 20.7. The van der Waals surface area contributed by atoms with Crippen LogP contribution >= 0.6 is 0 Å². The van der Waals surface area contributed by atoms with Gasteiger partial charge in [0.05, 0.1) is 4.92 Å².